The van der Waals surface area contributed by atoms with Crippen LogP contribution in [0.2, 0.25) is 10.0 Å². The zero-order valence-corrected chi connectivity index (χ0v) is 12.3. The van der Waals surface area contributed by atoms with Crippen LogP contribution in [0.1, 0.15) is 18.9 Å². The van der Waals surface area contributed by atoms with Gasteiger partial charge in [0.2, 0.25) is 0 Å². The average Bonchev–Trinajstić information content (AvgIpc) is 2.89. The third-order valence-corrected chi connectivity index (χ3v) is 3.91. The minimum absolute atomic E-state index is 0.153. The van der Waals surface area contributed by atoms with E-state index in [1.807, 2.05) is 0 Å². The van der Waals surface area contributed by atoms with Gasteiger partial charge < -0.3 is 5.11 Å². The highest BCUT2D eigenvalue weighted by atomic mass is 35.5. The molecule has 0 saturated heterocycles. The van der Waals surface area contributed by atoms with E-state index in [-0.39, 0.29) is 6.54 Å². The van der Waals surface area contributed by atoms with Gasteiger partial charge in [-0.2, -0.15) is 5.10 Å². The Bertz CT molecular complexity index is 616. The summed E-state index contributed by atoms with van der Waals surface area (Å²) in [5.41, 5.74) is -0.649. The summed E-state index contributed by atoms with van der Waals surface area (Å²) in [6.45, 7) is 1.95. The average molecular weight is 314 g/mol. The molecule has 0 aliphatic rings. The van der Waals surface area contributed by atoms with Gasteiger partial charge in [-0.25, -0.2) is 4.98 Å². The molecule has 0 aliphatic carbocycles. The lowest BCUT2D eigenvalue weighted by atomic mass is 9.78. The Labute approximate surface area is 126 Å². The molecule has 1 aromatic heterocycles. The van der Waals surface area contributed by atoms with E-state index in [0.29, 0.717) is 22.0 Å². The van der Waals surface area contributed by atoms with Crippen molar-refractivity contribution in [2.45, 2.75) is 25.3 Å². The number of carboxylic acid groups (broad SMARTS) is 1. The van der Waals surface area contributed by atoms with Crippen LogP contribution in [0.15, 0.2) is 30.9 Å². The van der Waals surface area contributed by atoms with Crippen molar-refractivity contribution >= 4 is 29.2 Å². The van der Waals surface area contributed by atoms with Crippen LogP contribution in [0.4, 0.5) is 0 Å². The minimum atomic E-state index is -1.17. The number of hydrogen-bond donors (Lipinski definition) is 1. The fraction of sp³-hybridized carbons (Fsp3) is 0.308. The van der Waals surface area contributed by atoms with E-state index in [1.165, 1.54) is 17.3 Å². The second kappa shape index (κ2) is 5.81. The zero-order valence-electron chi connectivity index (χ0n) is 10.8. The summed E-state index contributed by atoms with van der Waals surface area (Å²) in [5, 5.41) is 14.5. The second-order valence-corrected chi connectivity index (χ2v) is 5.30. The lowest BCUT2D eigenvalue weighted by molar-refractivity contribution is -0.144. The van der Waals surface area contributed by atoms with Crippen molar-refractivity contribution in [1.82, 2.24) is 14.8 Å². The van der Waals surface area contributed by atoms with Gasteiger partial charge in [-0.15, -0.1) is 0 Å². The molecule has 0 saturated carbocycles. The van der Waals surface area contributed by atoms with Gasteiger partial charge in [0, 0.05) is 10.0 Å². The third-order valence-electron chi connectivity index (χ3n) is 3.36. The van der Waals surface area contributed by atoms with Crippen molar-refractivity contribution in [2.24, 2.45) is 0 Å². The summed E-state index contributed by atoms with van der Waals surface area (Å²) in [7, 11) is 0. The molecular formula is C13H13Cl2N3O2. The second-order valence-electron chi connectivity index (χ2n) is 4.46. The van der Waals surface area contributed by atoms with E-state index in [9.17, 15) is 9.90 Å². The van der Waals surface area contributed by atoms with Gasteiger partial charge in [-0.05, 0) is 24.1 Å². The topological polar surface area (TPSA) is 68.0 Å². The van der Waals surface area contributed by atoms with Crippen LogP contribution >= 0.6 is 23.2 Å². The quantitative estimate of drug-likeness (QED) is 0.921. The Hall–Kier alpha value is -1.59. The first-order valence-corrected chi connectivity index (χ1v) is 6.76. The molecule has 0 radical (unpaired) electrons. The highest BCUT2D eigenvalue weighted by Crippen LogP contribution is 2.36. The number of benzene rings is 1. The van der Waals surface area contributed by atoms with E-state index in [2.05, 4.69) is 10.1 Å². The smallest absolute Gasteiger partial charge is 0.316 e. The normalized spacial score (nSPS) is 13.9. The maximum Gasteiger partial charge on any atom is 0.316 e. The molecule has 7 heteroatoms. The fourth-order valence-electron chi connectivity index (χ4n) is 2.19. The molecule has 0 amide bonds. The Kier molecular flexibility index (Phi) is 4.30. The highest BCUT2D eigenvalue weighted by Gasteiger charge is 2.41. The van der Waals surface area contributed by atoms with Crippen molar-refractivity contribution in [2.75, 3.05) is 0 Å². The lowest BCUT2D eigenvalue weighted by Gasteiger charge is -2.29. The first kappa shape index (κ1) is 14.8. The van der Waals surface area contributed by atoms with Crippen LogP contribution in [0, 0.1) is 0 Å². The number of carbonyl (C=O) groups is 1. The molecule has 1 aromatic carbocycles. The van der Waals surface area contributed by atoms with Gasteiger partial charge in [0.25, 0.3) is 0 Å². The Morgan fingerprint density at radius 1 is 1.45 bits per heavy atom. The monoisotopic (exact) mass is 313 g/mol. The van der Waals surface area contributed by atoms with Crippen LogP contribution in [0.3, 0.4) is 0 Å². The van der Waals surface area contributed by atoms with Crippen molar-refractivity contribution in [1.29, 1.82) is 0 Å². The molecule has 0 bridgehead atoms. The molecule has 20 heavy (non-hydrogen) atoms. The molecule has 1 atom stereocenters. The molecule has 2 aromatic rings. The highest BCUT2D eigenvalue weighted by molar-refractivity contribution is 6.35. The molecule has 1 heterocycles. The maximum absolute atomic E-state index is 11.9. The SMILES string of the molecule is CCC(Cn1cncn1)(C(=O)O)c1ccc(Cl)cc1Cl. The van der Waals surface area contributed by atoms with Gasteiger partial charge in [0.1, 0.15) is 18.1 Å². The Morgan fingerprint density at radius 2 is 2.20 bits per heavy atom. The fourth-order valence-corrected chi connectivity index (χ4v) is 2.78. The van der Waals surface area contributed by atoms with E-state index in [4.69, 9.17) is 23.2 Å². The predicted octanol–water partition coefficient (Wildman–Crippen LogP) is 3.02. The third kappa shape index (κ3) is 2.64. The molecule has 0 spiro atoms. The number of halogens is 2. The van der Waals surface area contributed by atoms with Gasteiger partial charge in [-0.3, -0.25) is 9.48 Å². The first-order valence-electron chi connectivity index (χ1n) is 6.01. The van der Waals surface area contributed by atoms with E-state index >= 15 is 0 Å². The summed E-state index contributed by atoms with van der Waals surface area (Å²) in [4.78, 5) is 15.7. The first-order chi connectivity index (χ1) is 9.49. The minimum Gasteiger partial charge on any atom is -0.481 e. The standard InChI is InChI=1S/C13H13Cl2N3O2/c1-2-13(12(19)20,6-18-8-16-7-17-18)10-4-3-9(14)5-11(10)15/h3-5,7-8H,2,6H2,1H3,(H,19,20). The molecule has 106 valence electrons. The number of aromatic nitrogens is 3. The zero-order chi connectivity index (χ0) is 14.8. The van der Waals surface area contributed by atoms with Crippen molar-refractivity contribution in [3.05, 3.63) is 46.5 Å². The Balaban J connectivity index is 2.53. The van der Waals surface area contributed by atoms with Crippen LogP contribution in [0.25, 0.3) is 0 Å². The summed E-state index contributed by atoms with van der Waals surface area (Å²) in [6.07, 6.45) is 3.21. The van der Waals surface area contributed by atoms with E-state index in [1.54, 1.807) is 25.1 Å². The van der Waals surface area contributed by atoms with Gasteiger partial charge in [0.05, 0.1) is 6.54 Å². The molecule has 5 nitrogen and oxygen atoms in total. The van der Waals surface area contributed by atoms with Crippen molar-refractivity contribution < 1.29 is 9.90 Å². The summed E-state index contributed by atoms with van der Waals surface area (Å²) in [5.74, 6) is -0.959. The summed E-state index contributed by atoms with van der Waals surface area (Å²) >= 11 is 12.1. The molecule has 1 unspecified atom stereocenters. The summed E-state index contributed by atoms with van der Waals surface area (Å²) in [6, 6.07) is 4.84. The lowest BCUT2D eigenvalue weighted by Crippen LogP contribution is -2.40. The van der Waals surface area contributed by atoms with Crippen molar-refractivity contribution in [3.8, 4) is 0 Å². The maximum atomic E-state index is 11.9. The molecule has 0 aliphatic heterocycles. The molecule has 0 fully saturated rings. The molecule has 2 rings (SSSR count). The molecule has 1 N–H and O–H groups in total. The van der Waals surface area contributed by atoms with Crippen LogP contribution in [0.5, 0.6) is 0 Å². The number of carboxylic acids is 1. The van der Waals surface area contributed by atoms with E-state index in [0.717, 1.165) is 0 Å². The van der Waals surface area contributed by atoms with E-state index < -0.39 is 11.4 Å². The van der Waals surface area contributed by atoms with Gasteiger partial charge >= 0.3 is 5.97 Å². The molecular weight excluding hydrogens is 301 g/mol. The Morgan fingerprint density at radius 3 is 2.70 bits per heavy atom. The van der Waals surface area contributed by atoms with Crippen LogP contribution in [-0.2, 0) is 16.8 Å². The number of hydrogen-bond acceptors (Lipinski definition) is 3. The number of aliphatic carboxylic acids is 1. The van der Waals surface area contributed by atoms with Crippen molar-refractivity contribution in [3.63, 3.8) is 0 Å². The largest absolute Gasteiger partial charge is 0.481 e. The predicted molar refractivity (Wildman–Crippen MR) is 76.1 cm³/mol. The number of rotatable bonds is 5. The van der Waals surface area contributed by atoms with Crippen LogP contribution < -0.4 is 0 Å². The van der Waals surface area contributed by atoms with Crippen LogP contribution in [-0.4, -0.2) is 25.8 Å². The number of nitrogens with zero attached hydrogens (tertiary/aromatic N) is 3. The van der Waals surface area contributed by atoms with Gasteiger partial charge in [0.15, 0.2) is 0 Å². The van der Waals surface area contributed by atoms with Gasteiger partial charge in [-0.1, -0.05) is 36.2 Å². The summed E-state index contributed by atoms with van der Waals surface area (Å²) < 4.78 is 1.49.